The molecular formula is C13H14BrCl2NO. The number of rotatable bonds is 3. The summed E-state index contributed by atoms with van der Waals surface area (Å²) in [6.45, 7) is 0.678. The fraction of sp³-hybridized carbons (Fsp3) is 0.462. The van der Waals surface area contributed by atoms with Gasteiger partial charge in [-0.25, -0.2) is 0 Å². The van der Waals surface area contributed by atoms with Gasteiger partial charge in [0.15, 0.2) is 0 Å². The molecule has 0 saturated heterocycles. The molecule has 0 bridgehead atoms. The van der Waals surface area contributed by atoms with E-state index in [4.69, 9.17) is 23.2 Å². The van der Waals surface area contributed by atoms with Gasteiger partial charge in [-0.05, 0) is 37.0 Å². The molecule has 1 N–H and O–H groups in total. The number of hydrogen-bond donors (Lipinski definition) is 1. The lowest BCUT2D eigenvalue weighted by molar-refractivity contribution is 0.0948. The molecule has 0 radical (unpaired) electrons. The smallest absolute Gasteiger partial charge is 0.252 e. The molecule has 2 unspecified atom stereocenters. The van der Waals surface area contributed by atoms with Crippen molar-refractivity contribution in [2.24, 2.45) is 5.92 Å². The van der Waals surface area contributed by atoms with Gasteiger partial charge in [0.05, 0.1) is 10.6 Å². The second-order valence-electron chi connectivity index (χ2n) is 4.54. The van der Waals surface area contributed by atoms with Crippen LogP contribution in [0.15, 0.2) is 18.2 Å². The quantitative estimate of drug-likeness (QED) is 0.809. The van der Waals surface area contributed by atoms with Crippen molar-refractivity contribution in [3.63, 3.8) is 0 Å². The molecule has 2 nitrogen and oxygen atoms in total. The molecule has 0 spiro atoms. The third kappa shape index (κ3) is 3.40. The van der Waals surface area contributed by atoms with Crippen LogP contribution < -0.4 is 5.32 Å². The van der Waals surface area contributed by atoms with Gasteiger partial charge >= 0.3 is 0 Å². The summed E-state index contributed by atoms with van der Waals surface area (Å²) in [5.41, 5.74) is 0.438. The SMILES string of the molecule is O=C(NCC1CCCC1Br)c1cc(Cl)ccc1Cl. The molecule has 1 aromatic rings. The van der Waals surface area contributed by atoms with Crippen LogP contribution in [-0.4, -0.2) is 17.3 Å². The van der Waals surface area contributed by atoms with Crippen LogP contribution in [0.1, 0.15) is 29.6 Å². The summed E-state index contributed by atoms with van der Waals surface area (Å²) in [5, 5.41) is 3.87. The summed E-state index contributed by atoms with van der Waals surface area (Å²) in [6.07, 6.45) is 3.55. The predicted octanol–water partition coefficient (Wildman–Crippen LogP) is 4.29. The number of halogens is 3. The maximum Gasteiger partial charge on any atom is 0.252 e. The second-order valence-corrected chi connectivity index (χ2v) is 6.56. The molecule has 1 aliphatic rings. The molecule has 2 atom stereocenters. The average molecular weight is 351 g/mol. The molecular weight excluding hydrogens is 337 g/mol. The Balaban J connectivity index is 1.97. The second kappa shape index (κ2) is 6.27. The van der Waals surface area contributed by atoms with E-state index in [1.165, 1.54) is 12.8 Å². The first-order chi connectivity index (χ1) is 8.58. The maximum atomic E-state index is 12.0. The first-order valence-corrected chi connectivity index (χ1v) is 7.62. The van der Waals surface area contributed by atoms with Crippen molar-refractivity contribution in [2.75, 3.05) is 6.54 Å². The molecule has 1 amide bonds. The van der Waals surface area contributed by atoms with Crippen molar-refractivity contribution in [3.05, 3.63) is 33.8 Å². The third-order valence-corrected chi connectivity index (χ3v) is 5.03. The van der Waals surface area contributed by atoms with E-state index in [0.717, 1.165) is 6.42 Å². The monoisotopic (exact) mass is 349 g/mol. The molecule has 0 aliphatic heterocycles. The van der Waals surface area contributed by atoms with Gasteiger partial charge in [0.25, 0.3) is 5.91 Å². The van der Waals surface area contributed by atoms with Gasteiger partial charge in [-0.2, -0.15) is 0 Å². The molecule has 2 rings (SSSR count). The van der Waals surface area contributed by atoms with Gasteiger partial charge in [0, 0.05) is 16.4 Å². The minimum absolute atomic E-state index is 0.158. The largest absolute Gasteiger partial charge is 0.352 e. The van der Waals surface area contributed by atoms with Crippen LogP contribution in [0.4, 0.5) is 0 Å². The van der Waals surface area contributed by atoms with E-state index in [-0.39, 0.29) is 5.91 Å². The van der Waals surface area contributed by atoms with E-state index in [2.05, 4.69) is 21.2 Å². The fourth-order valence-electron chi connectivity index (χ4n) is 2.21. The Bertz CT molecular complexity index is 453. The molecule has 1 aromatic carbocycles. The topological polar surface area (TPSA) is 29.1 Å². The molecule has 18 heavy (non-hydrogen) atoms. The first-order valence-electron chi connectivity index (χ1n) is 5.95. The fourth-order valence-corrected chi connectivity index (χ4v) is 3.36. The Labute approximate surface area is 125 Å². The zero-order valence-electron chi connectivity index (χ0n) is 9.76. The Morgan fingerprint density at radius 3 is 2.83 bits per heavy atom. The van der Waals surface area contributed by atoms with Crippen LogP contribution in [0, 0.1) is 5.92 Å². The Morgan fingerprint density at radius 2 is 2.17 bits per heavy atom. The number of carbonyl (C=O) groups is 1. The number of nitrogens with one attached hydrogen (secondary N) is 1. The molecule has 98 valence electrons. The number of benzene rings is 1. The third-order valence-electron chi connectivity index (χ3n) is 3.26. The van der Waals surface area contributed by atoms with Crippen molar-refractivity contribution in [1.82, 2.24) is 5.32 Å². The van der Waals surface area contributed by atoms with E-state index in [0.29, 0.717) is 32.9 Å². The molecule has 1 aliphatic carbocycles. The van der Waals surface area contributed by atoms with Crippen molar-refractivity contribution in [1.29, 1.82) is 0 Å². The predicted molar refractivity (Wildman–Crippen MR) is 78.9 cm³/mol. The summed E-state index contributed by atoms with van der Waals surface area (Å²) in [5.74, 6) is 0.348. The van der Waals surface area contributed by atoms with E-state index < -0.39 is 0 Å². The Hall–Kier alpha value is -0.250. The van der Waals surface area contributed by atoms with Gasteiger partial charge in [-0.15, -0.1) is 0 Å². The van der Waals surface area contributed by atoms with Crippen molar-refractivity contribution in [3.8, 4) is 0 Å². The maximum absolute atomic E-state index is 12.0. The molecule has 1 saturated carbocycles. The van der Waals surface area contributed by atoms with Gasteiger partial charge in [0.1, 0.15) is 0 Å². The van der Waals surface area contributed by atoms with Crippen molar-refractivity contribution >= 4 is 45.0 Å². The van der Waals surface area contributed by atoms with Crippen LogP contribution in [0.5, 0.6) is 0 Å². The van der Waals surface area contributed by atoms with Crippen LogP contribution in [-0.2, 0) is 0 Å². The standard InChI is InChI=1S/C13H14BrCl2NO/c14-11-3-1-2-8(11)7-17-13(18)10-6-9(15)4-5-12(10)16/h4-6,8,11H,1-3,7H2,(H,17,18). The highest BCUT2D eigenvalue weighted by atomic mass is 79.9. The van der Waals surface area contributed by atoms with Crippen LogP contribution in [0.2, 0.25) is 10.0 Å². The normalized spacial score (nSPS) is 23.1. The van der Waals surface area contributed by atoms with Gasteiger partial charge in [-0.1, -0.05) is 45.6 Å². The average Bonchev–Trinajstić information content (AvgIpc) is 2.75. The van der Waals surface area contributed by atoms with E-state index in [1.54, 1.807) is 18.2 Å². The van der Waals surface area contributed by atoms with Crippen molar-refractivity contribution < 1.29 is 4.79 Å². The van der Waals surface area contributed by atoms with Gasteiger partial charge < -0.3 is 5.32 Å². The summed E-state index contributed by atoms with van der Waals surface area (Å²) < 4.78 is 0. The minimum atomic E-state index is -0.158. The lowest BCUT2D eigenvalue weighted by Crippen LogP contribution is -2.31. The summed E-state index contributed by atoms with van der Waals surface area (Å²) in [4.78, 5) is 12.5. The van der Waals surface area contributed by atoms with E-state index in [9.17, 15) is 4.79 Å². The number of alkyl halides is 1. The summed E-state index contributed by atoms with van der Waals surface area (Å²) >= 11 is 15.5. The minimum Gasteiger partial charge on any atom is -0.352 e. The van der Waals surface area contributed by atoms with E-state index in [1.807, 2.05) is 0 Å². The Morgan fingerprint density at radius 1 is 1.39 bits per heavy atom. The van der Waals surface area contributed by atoms with Crippen LogP contribution >= 0.6 is 39.1 Å². The van der Waals surface area contributed by atoms with Gasteiger partial charge in [-0.3, -0.25) is 4.79 Å². The number of carbonyl (C=O) groups excluding carboxylic acids is 1. The van der Waals surface area contributed by atoms with Crippen molar-refractivity contribution in [2.45, 2.75) is 24.1 Å². The van der Waals surface area contributed by atoms with Crippen LogP contribution in [0.3, 0.4) is 0 Å². The molecule has 5 heteroatoms. The lowest BCUT2D eigenvalue weighted by atomic mass is 10.1. The van der Waals surface area contributed by atoms with Crippen LogP contribution in [0.25, 0.3) is 0 Å². The number of amides is 1. The zero-order valence-corrected chi connectivity index (χ0v) is 12.9. The lowest BCUT2D eigenvalue weighted by Gasteiger charge is -2.15. The molecule has 0 aromatic heterocycles. The zero-order chi connectivity index (χ0) is 13.1. The molecule has 1 fully saturated rings. The summed E-state index contributed by atoms with van der Waals surface area (Å²) in [7, 11) is 0. The highest BCUT2D eigenvalue weighted by Crippen LogP contribution is 2.31. The summed E-state index contributed by atoms with van der Waals surface area (Å²) in [6, 6.07) is 4.91. The first kappa shape index (κ1) is 14.2. The van der Waals surface area contributed by atoms with Gasteiger partial charge in [0.2, 0.25) is 0 Å². The Kier molecular flexibility index (Phi) is 4.93. The number of hydrogen-bond acceptors (Lipinski definition) is 1. The van der Waals surface area contributed by atoms with E-state index >= 15 is 0 Å². The highest BCUT2D eigenvalue weighted by molar-refractivity contribution is 9.09. The highest BCUT2D eigenvalue weighted by Gasteiger charge is 2.25. The molecule has 0 heterocycles.